The molecule has 1 nitrogen and oxygen atoms in total. The van der Waals surface area contributed by atoms with E-state index in [1.54, 1.807) is 0 Å². The fraction of sp³-hybridized carbons (Fsp3) is 0. The Kier molecular flexibility index (Phi) is 6.75. The van der Waals surface area contributed by atoms with Gasteiger partial charge in [0, 0.05) is 26.4 Å². The molecule has 234 valence electrons. The van der Waals surface area contributed by atoms with Gasteiger partial charge >= 0.3 is 0 Å². The van der Waals surface area contributed by atoms with Gasteiger partial charge in [-0.2, -0.15) is 0 Å². The molecule has 10 aromatic rings. The van der Waals surface area contributed by atoms with E-state index in [-0.39, 0.29) is 0 Å². The van der Waals surface area contributed by atoms with Crippen molar-refractivity contribution in [2.75, 3.05) is 4.90 Å². The molecule has 0 aliphatic carbocycles. The first-order valence-corrected chi connectivity index (χ1v) is 17.9. The van der Waals surface area contributed by atoms with Crippen molar-refractivity contribution in [1.29, 1.82) is 0 Å². The van der Waals surface area contributed by atoms with Crippen molar-refractivity contribution in [3.63, 3.8) is 0 Å². The number of thiophene rings is 1. The normalized spacial score (nSPS) is 11.6. The Bertz CT molecular complexity index is 2890. The van der Waals surface area contributed by atoms with Gasteiger partial charge < -0.3 is 4.90 Å². The highest BCUT2D eigenvalue weighted by molar-refractivity contribution is 7.26. The van der Waals surface area contributed by atoms with Crippen molar-refractivity contribution in [3.8, 4) is 22.3 Å². The molecule has 0 radical (unpaired) electrons. The third kappa shape index (κ3) is 4.61. The zero-order valence-electron chi connectivity index (χ0n) is 27.3. The predicted octanol–water partition coefficient (Wildman–Crippen LogP) is 14.3. The zero-order chi connectivity index (χ0) is 33.0. The van der Waals surface area contributed by atoms with Gasteiger partial charge in [0.05, 0.1) is 21.8 Å². The fourth-order valence-electron chi connectivity index (χ4n) is 7.76. The van der Waals surface area contributed by atoms with Gasteiger partial charge in [-0.15, -0.1) is 11.3 Å². The molecule has 10 rings (SSSR count). The summed E-state index contributed by atoms with van der Waals surface area (Å²) in [6.45, 7) is 0. The highest BCUT2D eigenvalue weighted by Crippen LogP contribution is 2.49. The molecule has 0 N–H and O–H groups in total. The van der Waals surface area contributed by atoms with Crippen molar-refractivity contribution >= 4 is 80.9 Å². The first-order valence-electron chi connectivity index (χ1n) is 17.1. The summed E-state index contributed by atoms with van der Waals surface area (Å²) >= 11 is 1.88. The van der Waals surface area contributed by atoms with Crippen LogP contribution < -0.4 is 4.90 Å². The minimum Gasteiger partial charge on any atom is -0.308 e. The van der Waals surface area contributed by atoms with Crippen molar-refractivity contribution in [3.05, 3.63) is 188 Å². The van der Waals surface area contributed by atoms with E-state index < -0.39 is 0 Å². The SMILES string of the molecule is c1cc(-c2ccccc2N(c2cc3ccccc3c3ccccc23)c2cccc3c2sc2ccccc23)cc(-c2cccc3ccccc23)c1. The Hall–Kier alpha value is -6.22. The first-order chi connectivity index (χ1) is 24.8. The lowest BCUT2D eigenvalue weighted by molar-refractivity contribution is 1.32. The summed E-state index contributed by atoms with van der Waals surface area (Å²) in [5.74, 6) is 0. The average Bonchev–Trinajstić information content (AvgIpc) is 3.58. The topological polar surface area (TPSA) is 3.24 Å². The van der Waals surface area contributed by atoms with Crippen molar-refractivity contribution in [2.24, 2.45) is 0 Å². The summed E-state index contributed by atoms with van der Waals surface area (Å²) in [6, 6.07) is 68.8. The number of fused-ring (bicyclic) bond motifs is 7. The van der Waals surface area contributed by atoms with Crippen LogP contribution in [0.2, 0.25) is 0 Å². The summed E-state index contributed by atoms with van der Waals surface area (Å²) in [6.07, 6.45) is 0. The number of nitrogens with zero attached hydrogens (tertiary/aromatic N) is 1. The second kappa shape index (κ2) is 11.7. The van der Waals surface area contributed by atoms with Crippen LogP contribution in [0, 0.1) is 0 Å². The molecular formula is C48H31NS. The summed E-state index contributed by atoms with van der Waals surface area (Å²) in [5, 5.41) is 10.1. The van der Waals surface area contributed by atoms with Crippen LogP contribution in [0.1, 0.15) is 0 Å². The molecule has 1 heterocycles. The van der Waals surface area contributed by atoms with E-state index in [4.69, 9.17) is 0 Å². The maximum atomic E-state index is 2.52. The smallest absolute Gasteiger partial charge is 0.0640 e. The van der Waals surface area contributed by atoms with Gasteiger partial charge in [0.2, 0.25) is 0 Å². The van der Waals surface area contributed by atoms with Gasteiger partial charge in [-0.25, -0.2) is 0 Å². The third-order valence-electron chi connectivity index (χ3n) is 10.0. The van der Waals surface area contributed by atoms with Gasteiger partial charge in [0.25, 0.3) is 0 Å². The third-order valence-corrected chi connectivity index (χ3v) is 11.2. The van der Waals surface area contributed by atoms with Crippen LogP contribution in [0.15, 0.2) is 188 Å². The van der Waals surface area contributed by atoms with E-state index in [2.05, 4.69) is 193 Å². The molecule has 0 fully saturated rings. The summed E-state index contributed by atoms with van der Waals surface area (Å²) in [4.78, 5) is 2.52. The molecule has 0 aliphatic rings. The van der Waals surface area contributed by atoms with Gasteiger partial charge in [0.1, 0.15) is 0 Å². The molecule has 0 atom stereocenters. The van der Waals surface area contributed by atoms with Crippen LogP contribution in [0.4, 0.5) is 17.1 Å². The summed E-state index contributed by atoms with van der Waals surface area (Å²) in [7, 11) is 0. The predicted molar refractivity (Wildman–Crippen MR) is 217 cm³/mol. The number of benzene rings is 9. The minimum atomic E-state index is 1.15. The van der Waals surface area contributed by atoms with Gasteiger partial charge in [-0.05, 0) is 74.0 Å². The lowest BCUT2D eigenvalue weighted by Gasteiger charge is -2.30. The van der Waals surface area contributed by atoms with E-state index >= 15 is 0 Å². The maximum Gasteiger partial charge on any atom is 0.0640 e. The fourth-order valence-corrected chi connectivity index (χ4v) is 8.97. The molecule has 2 heteroatoms. The second-order valence-corrected chi connectivity index (χ2v) is 13.9. The first kappa shape index (κ1) is 28.8. The van der Waals surface area contributed by atoms with E-state index in [1.807, 2.05) is 11.3 Å². The summed E-state index contributed by atoms with van der Waals surface area (Å²) < 4.78 is 2.58. The highest BCUT2D eigenvalue weighted by atomic mass is 32.1. The molecule has 1 aromatic heterocycles. The van der Waals surface area contributed by atoms with Crippen molar-refractivity contribution in [2.45, 2.75) is 0 Å². The number of para-hydroxylation sites is 1. The van der Waals surface area contributed by atoms with Crippen LogP contribution in [-0.2, 0) is 0 Å². The van der Waals surface area contributed by atoms with Crippen LogP contribution in [-0.4, -0.2) is 0 Å². The highest BCUT2D eigenvalue weighted by Gasteiger charge is 2.23. The van der Waals surface area contributed by atoms with Crippen LogP contribution in [0.25, 0.3) is 74.7 Å². The molecule has 9 aromatic carbocycles. The quantitative estimate of drug-likeness (QED) is 0.167. The van der Waals surface area contributed by atoms with Gasteiger partial charge in [-0.1, -0.05) is 158 Å². The lowest BCUT2D eigenvalue weighted by Crippen LogP contribution is -2.12. The zero-order valence-corrected chi connectivity index (χ0v) is 28.1. The van der Waals surface area contributed by atoms with Crippen molar-refractivity contribution in [1.82, 2.24) is 0 Å². The average molecular weight is 654 g/mol. The number of hydrogen-bond donors (Lipinski definition) is 0. The second-order valence-electron chi connectivity index (χ2n) is 12.9. The van der Waals surface area contributed by atoms with Gasteiger partial charge in [0.15, 0.2) is 0 Å². The molecule has 0 saturated heterocycles. The molecule has 0 aliphatic heterocycles. The van der Waals surface area contributed by atoms with Crippen molar-refractivity contribution < 1.29 is 0 Å². The van der Waals surface area contributed by atoms with Crippen LogP contribution >= 0.6 is 11.3 Å². The van der Waals surface area contributed by atoms with E-state index in [0.717, 1.165) is 5.69 Å². The summed E-state index contributed by atoms with van der Waals surface area (Å²) in [5.41, 5.74) is 8.32. The molecule has 0 unspecified atom stereocenters. The molecular weight excluding hydrogens is 623 g/mol. The Balaban J connectivity index is 1.27. The Morgan fingerprint density at radius 3 is 1.76 bits per heavy atom. The van der Waals surface area contributed by atoms with Gasteiger partial charge in [-0.3, -0.25) is 0 Å². The number of rotatable bonds is 5. The number of hydrogen-bond acceptors (Lipinski definition) is 2. The van der Waals surface area contributed by atoms with E-state index in [9.17, 15) is 0 Å². The Labute approximate surface area is 294 Å². The van der Waals surface area contributed by atoms with E-state index in [1.165, 1.54) is 86.1 Å². The molecule has 0 spiro atoms. The largest absolute Gasteiger partial charge is 0.308 e. The molecule has 0 amide bonds. The minimum absolute atomic E-state index is 1.15. The molecule has 50 heavy (non-hydrogen) atoms. The molecule has 0 bridgehead atoms. The standard InChI is InChI=1S/C48H31NS/c1-3-19-36-32(14-1)16-12-25-37(36)33-17-11-18-34(30-33)39-21-7-9-27-44(39)49(45-28-13-26-43-42-24-8-10-29-47(42)50-48(43)45)46-31-35-15-2-4-20-38(35)40-22-5-6-23-41(40)46/h1-31H. The Morgan fingerprint density at radius 1 is 0.320 bits per heavy atom. The monoisotopic (exact) mass is 653 g/mol. The molecule has 0 saturated carbocycles. The van der Waals surface area contributed by atoms with E-state index in [0.29, 0.717) is 0 Å². The lowest BCUT2D eigenvalue weighted by atomic mass is 9.94. The van der Waals surface area contributed by atoms with Crippen LogP contribution in [0.5, 0.6) is 0 Å². The Morgan fingerprint density at radius 2 is 0.880 bits per heavy atom. The number of anilines is 3. The van der Waals surface area contributed by atoms with Crippen LogP contribution in [0.3, 0.4) is 0 Å². The maximum absolute atomic E-state index is 2.52.